The fourth-order valence-electron chi connectivity index (χ4n) is 4.02. The third-order valence-electron chi connectivity index (χ3n) is 5.72. The van der Waals surface area contributed by atoms with Gasteiger partial charge in [0.05, 0.1) is 18.3 Å². The lowest BCUT2D eigenvalue weighted by Crippen LogP contribution is -2.27. The summed E-state index contributed by atoms with van der Waals surface area (Å²) in [6, 6.07) is 11.8. The fraction of sp³-hybridized carbons (Fsp3) is 0.304. The van der Waals surface area contributed by atoms with Gasteiger partial charge in [-0.3, -0.25) is 9.55 Å². The van der Waals surface area contributed by atoms with Crippen molar-refractivity contribution in [3.05, 3.63) is 70.7 Å². The molecule has 0 bridgehead atoms. The Hall–Kier alpha value is -4.48. The molecule has 4 aromatic heterocycles. The molecule has 0 aliphatic rings. The topological polar surface area (TPSA) is 138 Å². The smallest absolute Gasteiger partial charge is 0.290 e. The number of benzene rings is 1. The number of aromatic amines is 1. The van der Waals surface area contributed by atoms with Gasteiger partial charge in [-0.1, -0.05) is 48.8 Å². The van der Waals surface area contributed by atoms with Crippen LogP contribution in [-0.4, -0.2) is 54.9 Å². The SMILES string of the molecule is CCCc1cn(-c2nnnn2C(C)C)c(=O)n1Cc1ccc(-c2ccccc2-c2nn[nH]n2)cn1. The number of nitrogens with zero attached hydrogens (tertiary/aromatic N) is 10. The maximum absolute atomic E-state index is 13.4. The van der Waals surface area contributed by atoms with Crippen LogP contribution in [0.25, 0.3) is 28.5 Å². The number of H-pyrrole nitrogens is 1. The Morgan fingerprint density at radius 3 is 2.57 bits per heavy atom. The number of nitrogens with one attached hydrogen (secondary N) is 1. The van der Waals surface area contributed by atoms with Gasteiger partial charge in [0.2, 0.25) is 5.82 Å². The molecular formula is C23H25N11O. The third-order valence-corrected chi connectivity index (χ3v) is 5.72. The summed E-state index contributed by atoms with van der Waals surface area (Å²) in [4.78, 5) is 18.0. The highest BCUT2D eigenvalue weighted by molar-refractivity contribution is 5.79. The minimum Gasteiger partial charge on any atom is -0.290 e. The zero-order chi connectivity index (χ0) is 24.4. The summed E-state index contributed by atoms with van der Waals surface area (Å²) in [6.45, 7) is 6.37. The quantitative estimate of drug-likeness (QED) is 0.364. The van der Waals surface area contributed by atoms with E-state index in [1.807, 2.05) is 56.4 Å². The molecule has 12 heteroatoms. The minimum atomic E-state index is -0.196. The van der Waals surface area contributed by atoms with E-state index < -0.39 is 0 Å². The van der Waals surface area contributed by atoms with Crippen LogP contribution in [0.1, 0.15) is 44.6 Å². The van der Waals surface area contributed by atoms with E-state index >= 15 is 0 Å². The lowest BCUT2D eigenvalue weighted by atomic mass is 10.0. The molecular weight excluding hydrogens is 446 g/mol. The van der Waals surface area contributed by atoms with Gasteiger partial charge in [-0.25, -0.2) is 14.0 Å². The molecule has 0 amide bonds. The Bertz CT molecular complexity index is 1480. The second-order valence-electron chi connectivity index (χ2n) is 8.45. The maximum Gasteiger partial charge on any atom is 0.335 e. The van der Waals surface area contributed by atoms with Crippen molar-refractivity contribution in [3.8, 4) is 28.5 Å². The summed E-state index contributed by atoms with van der Waals surface area (Å²) in [5, 5.41) is 26.2. The summed E-state index contributed by atoms with van der Waals surface area (Å²) >= 11 is 0. The third kappa shape index (κ3) is 4.25. The Kier molecular flexibility index (Phi) is 6.00. The van der Waals surface area contributed by atoms with Crippen LogP contribution in [0.15, 0.2) is 53.6 Å². The van der Waals surface area contributed by atoms with Crippen molar-refractivity contribution in [2.45, 2.75) is 46.2 Å². The van der Waals surface area contributed by atoms with Crippen LogP contribution in [0, 0.1) is 0 Å². The Morgan fingerprint density at radius 2 is 1.89 bits per heavy atom. The average Bonchev–Trinajstić information content (AvgIpc) is 3.62. The molecule has 5 aromatic rings. The zero-order valence-electron chi connectivity index (χ0n) is 19.7. The molecule has 178 valence electrons. The minimum absolute atomic E-state index is 0.0226. The molecule has 1 N–H and O–H groups in total. The first-order valence-corrected chi connectivity index (χ1v) is 11.4. The highest BCUT2D eigenvalue weighted by atomic mass is 16.2. The molecule has 12 nitrogen and oxygen atoms in total. The fourth-order valence-corrected chi connectivity index (χ4v) is 4.02. The van der Waals surface area contributed by atoms with Crippen molar-refractivity contribution >= 4 is 0 Å². The van der Waals surface area contributed by atoms with Crippen molar-refractivity contribution in [1.29, 1.82) is 0 Å². The van der Waals surface area contributed by atoms with Crippen LogP contribution in [-0.2, 0) is 13.0 Å². The number of aryl methyl sites for hydroxylation is 1. The number of tetrazole rings is 2. The highest BCUT2D eigenvalue weighted by Crippen LogP contribution is 2.29. The van der Waals surface area contributed by atoms with E-state index in [2.05, 4.69) is 48.1 Å². The van der Waals surface area contributed by atoms with E-state index in [9.17, 15) is 4.79 Å². The number of pyridine rings is 1. The monoisotopic (exact) mass is 471 g/mol. The van der Waals surface area contributed by atoms with Gasteiger partial charge >= 0.3 is 5.69 Å². The predicted octanol–water partition coefficient (Wildman–Crippen LogP) is 2.45. The molecule has 0 aliphatic heterocycles. The van der Waals surface area contributed by atoms with E-state index in [1.165, 1.54) is 4.57 Å². The first-order chi connectivity index (χ1) is 17.1. The van der Waals surface area contributed by atoms with Crippen LogP contribution in [0.2, 0.25) is 0 Å². The largest absolute Gasteiger partial charge is 0.335 e. The van der Waals surface area contributed by atoms with Gasteiger partial charge in [-0.2, -0.15) is 5.21 Å². The first-order valence-electron chi connectivity index (χ1n) is 11.4. The molecule has 0 fully saturated rings. The Labute approximate surface area is 200 Å². The van der Waals surface area contributed by atoms with Gasteiger partial charge in [-0.15, -0.1) is 10.2 Å². The molecule has 0 atom stereocenters. The molecule has 0 radical (unpaired) electrons. The van der Waals surface area contributed by atoms with Crippen molar-refractivity contribution < 1.29 is 0 Å². The normalized spacial score (nSPS) is 11.4. The molecule has 4 heterocycles. The molecule has 35 heavy (non-hydrogen) atoms. The van der Waals surface area contributed by atoms with E-state index in [0.717, 1.165) is 40.9 Å². The van der Waals surface area contributed by atoms with E-state index in [-0.39, 0.29) is 11.7 Å². The Balaban J connectivity index is 1.47. The summed E-state index contributed by atoms with van der Waals surface area (Å²) < 4.78 is 4.88. The van der Waals surface area contributed by atoms with E-state index in [1.54, 1.807) is 15.4 Å². The number of aromatic nitrogens is 11. The maximum atomic E-state index is 13.4. The molecule has 0 aliphatic carbocycles. The summed E-state index contributed by atoms with van der Waals surface area (Å²) in [5.74, 6) is 0.924. The van der Waals surface area contributed by atoms with Crippen LogP contribution >= 0.6 is 0 Å². The van der Waals surface area contributed by atoms with Gasteiger partial charge in [0.1, 0.15) is 0 Å². The van der Waals surface area contributed by atoms with Crippen molar-refractivity contribution in [2.75, 3.05) is 0 Å². The average molecular weight is 472 g/mol. The van der Waals surface area contributed by atoms with E-state index in [0.29, 0.717) is 18.3 Å². The van der Waals surface area contributed by atoms with Crippen molar-refractivity contribution in [3.63, 3.8) is 0 Å². The van der Waals surface area contributed by atoms with Crippen molar-refractivity contribution in [2.24, 2.45) is 0 Å². The van der Waals surface area contributed by atoms with Gasteiger partial charge in [0.25, 0.3) is 5.95 Å². The van der Waals surface area contributed by atoms with Gasteiger partial charge in [0.15, 0.2) is 0 Å². The number of imidazole rings is 1. The van der Waals surface area contributed by atoms with E-state index in [4.69, 9.17) is 0 Å². The van der Waals surface area contributed by atoms with Gasteiger partial charge in [-0.05, 0) is 47.5 Å². The highest BCUT2D eigenvalue weighted by Gasteiger charge is 2.19. The number of rotatable bonds is 8. The molecule has 0 spiro atoms. The first kappa shape index (κ1) is 22.3. The molecule has 0 saturated carbocycles. The molecule has 0 saturated heterocycles. The second-order valence-corrected chi connectivity index (χ2v) is 8.45. The number of hydrogen-bond donors (Lipinski definition) is 1. The summed E-state index contributed by atoms with van der Waals surface area (Å²) in [7, 11) is 0. The zero-order valence-corrected chi connectivity index (χ0v) is 19.7. The summed E-state index contributed by atoms with van der Waals surface area (Å²) in [6.07, 6.45) is 5.28. The summed E-state index contributed by atoms with van der Waals surface area (Å²) in [5.41, 5.74) is 4.21. The molecule has 5 rings (SSSR count). The molecule has 0 unspecified atom stereocenters. The second kappa shape index (κ2) is 9.41. The Morgan fingerprint density at radius 1 is 1.06 bits per heavy atom. The lowest BCUT2D eigenvalue weighted by molar-refractivity contribution is 0.502. The number of hydrogen-bond acceptors (Lipinski definition) is 8. The standard InChI is InChI=1S/C23H25N11O/c1-4-7-18-14-33(22-27-30-31-34(22)15(2)3)23(35)32(18)13-17-11-10-16(12-24-17)19-8-5-6-9-20(19)21-25-28-29-26-21/h5-6,8-12,14-15H,4,7,13H2,1-3H3,(H,25,26,28,29). The van der Waals surface area contributed by atoms with Crippen LogP contribution in [0.3, 0.4) is 0 Å². The lowest BCUT2D eigenvalue weighted by Gasteiger charge is -2.09. The van der Waals surface area contributed by atoms with Crippen LogP contribution < -0.4 is 5.69 Å². The van der Waals surface area contributed by atoms with Gasteiger partial charge < -0.3 is 0 Å². The van der Waals surface area contributed by atoms with Crippen molar-refractivity contribution in [1.82, 2.24) is 54.9 Å². The van der Waals surface area contributed by atoms with Crippen LogP contribution in [0.5, 0.6) is 0 Å². The van der Waals surface area contributed by atoms with Gasteiger partial charge in [0, 0.05) is 29.2 Å². The molecule has 1 aromatic carbocycles. The predicted molar refractivity (Wildman–Crippen MR) is 128 cm³/mol. The van der Waals surface area contributed by atoms with Crippen LogP contribution in [0.4, 0.5) is 0 Å².